The van der Waals surface area contributed by atoms with E-state index < -0.39 is 0 Å². The number of para-hydroxylation sites is 3. The van der Waals surface area contributed by atoms with Crippen LogP contribution in [0.2, 0.25) is 0 Å². The van der Waals surface area contributed by atoms with E-state index >= 15 is 0 Å². The molecular formula is C47H32N2. The molecule has 9 aromatic rings. The monoisotopic (exact) mass is 624 g/mol. The molecule has 0 saturated carbocycles. The van der Waals surface area contributed by atoms with Crippen molar-refractivity contribution in [2.75, 3.05) is 0 Å². The van der Waals surface area contributed by atoms with E-state index in [1.807, 2.05) is 0 Å². The van der Waals surface area contributed by atoms with Crippen molar-refractivity contribution in [2.45, 2.75) is 12.8 Å². The van der Waals surface area contributed by atoms with Gasteiger partial charge in [0.15, 0.2) is 0 Å². The van der Waals surface area contributed by atoms with E-state index in [-0.39, 0.29) is 0 Å². The van der Waals surface area contributed by atoms with Gasteiger partial charge < -0.3 is 0 Å². The second-order valence-electron chi connectivity index (χ2n) is 13.1. The summed E-state index contributed by atoms with van der Waals surface area (Å²) in [6, 6.07) is 57.6. The number of nitrogens with zero attached hydrogens (tertiary/aromatic N) is 2. The molecular weight excluding hydrogens is 593 g/mol. The second-order valence-corrected chi connectivity index (χ2v) is 13.1. The summed E-state index contributed by atoms with van der Waals surface area (Å²) >= 11 is 0. The fraction of sp³-hybridized carbons (Fsp3) is 0.0426. The minimum absolute atomic E-state index is 0.939. The Hall–Kier alpha value is -6.25. The van der Waals surface area contributed by atoms with Crippen LogP contribution < -0.4 is 0 Å². The third-order valence-electron chi connectivity index (χ3n) is 10.2. The van der Waals surface area contributed by atoms with Crippen molar-refractivity contribution in [3.63, 3.8) is 0 Å². The van der Waals surface area contributed by atoms with Crippen LogP contribution in [-0.4, -0.2) is 9.55 Å². The van der Waals surface area contributed by atoms with Gasteiger partial charge in [-0.25, -0.2) is 4.98 Å². The molecule has 10 rings (SSSR count). The van der Waals surface area contributed by atoms with Crippen molar-refractivity contribution in [1.82, 2.24) is 9.55 Å². The maximum Gasteiger partial charge on any atom is 0.145 e. The Morgan fingerprint density at radius 2 is 1.16 bits per heavy atom. The molecule has 0 aliphatic heterocycles. The lowest BCUT2D eigenvalue weighted by molar-refractivity contribution is 0.986. The molecule has 1 aromatic heterocycles. The van der Waals surface area contributed by atoms with Gasteiger partial charge in [-0.15, -0.1) is 0 Å². The van der Waals surface area contributed by atoms with E-state index in [4.69, 9.17) is 4.98 Å². The highest BCUT2D eigenvalue weighted by molar-refractivity contribution is 6.22. The minimum Gasteiger partial charge on any atom is -0.292 e. The molecule has 0 atom stereocenters. The zero-order chi connectivity index (χ0) is 32.3. The van der Waals surface area contributed by atoms with Gasteiger partial charge in [0.05, 0.1) is 11.0 Å². The van der Waals surface area contributed by atoms with Crippen molar-refractivity contribution < 1.29 is 0 Å². The first-order chi connectivity index (χ1) is 24.3. The number of allylic oxidation sites excluding steroid dienone is 1. The standard InChI is InChI=1S/C47H32N2/c1-2-16-38(17-3-1)49-44-21-11-10-20-43(44)48-47(49)37-26-27-41-42(30-37)46(36-25-23-32-13-5-7-15-34(32)29-36)40-19-9-8-18-39(40)45(41)35-24-22-31-12-4-6-14-33(31)28-35/h1-5,7-13,15-30H,6,14H2. The van der Waals surface area contributed by atoms with Gasteiger partial charge in [-0.05, 0) is 115 Å². The Morgan fingerprint density at radius 1 is 0.490 bits per heavy atom. The van der Waals surface area contributed by atoms with Crippen LogP contribution in [0.25, 0.3) is 88.8 Å². The molecule has 8 aromatic carbocycles. The first kappa shape index (κ1) is 27.8. The molecule has 0 radical (unpaired) electrons. The number of aromatic nitrogens is 2. The Kier molecular flexibility index (Phi) is 6.35. The van der Waals surface area contributed by atoms with Gasteiger partial charge in [-0.3, -0.25) is 4.57 Å². The third-order valence-corrected chi connectivity index (χ3v) is 10.2. The molecule has 0 bridgehead atoms. The molecule has 1 heterocycles. The SMILES string of the molecule is C1=Cc2ccc(-c3c4ccccc4c(-c4ccc5ccccc5c4)c4cc(-c5nc6ccccc6n5-c5ccccc5)ccc34)cc2CC1. The Labute approximate surface area is 285 Å². The molecule has 2 nitrogen and oxygen atoms in total. The van der Waals surface area contributed by atoms with Crippen molar-refractivity contribution in [3.8, 4) is 39.3 Å². The predicted octanol–water partition coefficient (Wildman–Crippen LogP) is 12.4. The lowest BCUT2D eigenvalue weighted by Crippen LogP contribution is -1.98. The fourth-order valence-corrected chi connectivity index (χ4v) is 7.93. The summed E-state index contributed by atoms with van der Waals surface area (Å²) in [5.74, 6) is 0.939. The first-order valence-corrected chi connectivity index (χ1v) is 17.1. The van der Waals surface area contributed by atoms with E-state index in [1.165, 1.54) is 65.7 Å². The van der Waals surface area contributed by atoms with Crippen LogP contribution in [0, 0.1) is 0 Å². The molecule has 0 N–H and O–H groups in total. The molecule has 2 heteroatoms. The Morgan fingerprint density at radius 3 is 2.04 bits per heavy atom. The molecule has 0 unspecified atom stereocenters. The number of hydrogen-bond acceptors (Lipinski definition) is 1. The summed E-state index contributed by atoms with van der Waals surface area (Å²) in [6.45, 7) is 0. The molecule has 0 amide bonds. The summed E-state index contributed by atoms with van der Waals surface area (Å²) in [7, 11) is 0. The lowest BCUT2D eigenvalue weighted by Gasteiger charge is -2.20. The highest BCUT2D eigenvalue weighted by atomic mass is 15.1. The highest BCUT2D eigenvalue weighted by Gasteiger charge is 2.21. The summed E-state index contributed by atoms with van der Waals surface area (Å²) in [5, 5.41) is 7.49. The zero-order valence-electron chi connectivity index (χ0n) is 27.0. The molecule has 230 valence electrons. The summed E-state index contributed by atoms with van der Waals surface area (Å²) in [6.07, 6.45) is 6.72. The normalized spacial score (nSPS) is 12.7. The van der Waals surface area contributed by atoms with Gasteiger partial charge in [0, 0.05) is 11.3 Å². The Bertz CT molecular complexity index is 2770. The average molecular weight is 625 g/mol. The van der Waals surface area contributed by atoms with Gasteiger partial charge in [0.1, 0.15) is 5.82 Å². The quantitative estimate of drug-likeness (QED) is 0.178. The molecule has 0 fully saturated rings. The van der Waals surface area contributed by atoms with Gasteiger partial charge in [0.25, 0.3) is 0 Å². The van der Waals surface area contributed by atoms with Gasteiger partial charge in [0.2, 0.25) is 0 Å². The van der Waals surface area contributed by atoms with E-state index in [1.54, 1.807) is 0 Å². The highest BCUT2D eigenvalue weighted by Crippen LogP contribution is 2.46. The minimum atomic E-state index is 0.939. The second kappa shape index (κ2) is 11.2. The third kappa shape index (κ3) is 4.52. The molecule has 1 aliphatic carbocycles. The molecule has 1 aliphatic rings. The van der Waals surface area contributed by atoms with Crippen molar-refractivity contribution in [3.05, 3.63) is 175 Å². The van der Waals surface area contributed by atoms with Crippen LogP contribution in [0.5, 0.6) is 0 Å². The van der Waals surface area contributed by atoms with Gasteiger partial charge in [-0.2, -0.15) is 0 Å². The number of hydrogen-bond donors (Lipinski definition) is 0. The maximum atomic E-state index is 5.26. The van der Waals surface area contributed by atoms with E-state index in [2.05, 4.69) is 174 Å². The largest absolute Gasteiger partial charge is 0.292 e. The van der Waals surface area contributed by atoms with Gasteiger partial charge in [-0.1, -0.05) is 133 Å². The van der Waals surface area contributed by atoms with Crippen molar-refractivity contribution in [2.24, 2.45) is 0 Å². The fourth-order valence-electron chi connectivity index (χ4n) is 7.93. The number of aryl methyl sites for hydroxylation is 1. The van der Waals surface area contributed by atoms with E-state index in [0.29, 0.717) is 0 Å². The zero-order valence-corrected chi connectivity index (χ0v) is 27.0. The van der Waals surface area contributed by atoms with E-state index in [0.717, 1.165) is 41.0 Å². The lowest BCUT2D eigenvalue weighted by atomic mass is 9.84. The van der Waals surface area contributed by atoms with Crippen LogP contribution in [-0.2, 0) is 6.42 Å². The van der Waals surface area contributed by atoms with Crippen molar-refractivity contribution in [1.29, 1.82) is 0 Å². The summed E-state index contributed by atoms with van der Waals surface area (Å²) in [5.41, 5.74) is 12.1. The number of fused-ring (bicyclic) bond motifs is 5. The topological polar surface area (TPSA) is 17.8 Å². The number of rotatable bonds is 4. The average Bonchev–Trinajstić information content (AvgIpc) is 3.56. The number of imidazole rings is 1. The molecule has 0 spiro atoms. The first-order valence-electron chi connectivity index (χ1n) is 17.1. The number of benzene rings is 8. The summed E-state index contributed by atoms with van der Waals surface area (Å²) < 4.78 is 2.30. The van der Waals surface area contributed by atoms with Gasteiger partial charge >= 0.3 is 0 Å². The maximum absolute atomic E-state index is 5.26. The van der Waals surface area contributed by atoms with Crippen LogP contribution in [0.1, 0.15) is 17.5 Å². The van der Waals surface area contributed by atoms with Crippen LogP contribution in [0.3, 0.4) is 0 Å². The smallest absolute Gasteiger partial charge is 0.145 e. The summed E-state index contributed by atoms with van der Waals surface area (Å²) in [4.78, 5) is 5.26. The molecule has 49 heavy (non-hydrogen) atoms. The van der Waals surface area contributed by atoms with Crippen LogP contribution in [0.4, 0.5) is 0 Å². The van der Waals surface area contributed by atoms with E-state index in [9.17, 15) is 0 Å². The van der Waals surface area contributed by atoms with Crippen molar-refractivity contribution >= 4 is 49.4 Å². The molecule has 0 saturated heterocycles. The predicted molar refractivity (Wildman–Crippen MR) is 207 cm³/mol. The van der Waals surface area contributed by atoms with Crippen LogP contribution >= 0.6 is 0 Å². The van der Waals surface area contributed by atoms with Crippen LogP contribution in [0.15, 0.2) is 164 Å². The Balaban J connectivity index is 1.32.